The summed E-state index contributed by atoms with van der Waals surface area (Å²) in [5.74, 6) is 0. The van der Waals surface area contributed by atoms with E-state index in [1.54, 1.807) is 0 Å². The van der Waals surface area contributed by atoms with Crippen molar-refractivity contribution in [2.75, 3.05) is 0 Å². The molecular weight excluding hydrogens is 364 g/mol. The summed E-state index contributed by atoms with van der Waals surface area (Å²) in [6.45, 7) is 5.43. The fourth-order valence-corrected chi connectivity index (χ4v) is 4.92. The number of para-hydroxylation sites is 1. The van der Waals surface area contributed by atoms with Gasteiger partial charge in [-0.25, -0.2) is 0 Å². The zero-order valence-corrected chi connectivity index (χ0v) is 17.4. The van der Waals surface area contributed by atoms with E-state index in [0.717, 1.165) is 13.0 Å². The second-order valence-electron chi connectivity index (χ2n) is 8.11. The molecule has 2 heteroatoms. The number of aromatic amines is 1. The fraction of sp³-hybridized carbons (Fsp3) is 0.143. The van der Waals surface area contributed by atoms with Crippen molar-refractivity contribution in [3.8, 4) is 11.1 Å². The molecule has 0 fully saturated rings. The molecule has 2 aromatic heterocycles. The minimum Gasteiger partial charge on any atom is -0.354 e. The number of hydrogen-bond acceptors (Lipinski definition) is 0. The summed E-state index contributed by atoms with van der Waals surface area (Å²) in [4.78, 5) is 3.58. The number of nitrogens with one attached hydrogen (secondary N) is 1. The monoisotopic (exact) mass is 388 g/mol. The van der Waals surface area contributed by atoms with Gasteiger partial charge >= 0.3 is 0 Å². The van der Waals surface area contributed by atoms with Crippen LogP contribution in [0.25, 0.3) is 54.7 Å². The molecule has 0 bridgehead atoms. The first-order valence-corrected chi connectivity index (χ1v) is 10.8. The number of hydrogen-bond donors (Lipinski definition) is 1. The maximum atomic E-state index is 3.58. The molecule has 0 radical (unpaired) electrons. The Labute approximate surface area is 175 Å². The summed E-state index contributed by atoms with van der Waals surface area (Å²) < 4.78 is 2.45. The zero-order valence-electron chi connectivity index (χ0n) is 17.4. The summed E-state index contributed by atoms with van der Waals surface area (Å²) >= 11 is 0. The quantitative estimate of drug-likeness (QED) is 0.321. The maximum Gasteiger partial charge on any atom is 0.0497 e. The first kappa shape index (κ1) is 17.3. The van der Waals surface area contributed by atoms with Crippen LogP contribution < -0.4 is 0 Å². The highest BCUT2D eigenvalue weighted by Gasteiger charge is 2.12. The Hall–Kier alpha value is -3.52. The van der Waals surface area contributed by atoms with Gasteiger partial charge in [-0.1, -0.05) is 61.5 Å². The molecule has 0 atom stereocenters. The smallest absolute Gasteiger partial charge is 0.0497 e. The molecule has 0 aliphatic heterocycles. The Bertz CT molecular complexity index is 1560. The van der Waals surface area contributed by atoms with Gasteiger partial charge in [0.15, 0.2) is 0 Å². The lowest BCUT2D eigenvalue weighted by Gasteiger charge is -2.07. The standard InChI is InChI=1S/C28H24N2/c1-3-18-9-12-23-24-14-11-20(17-28(24)30(4-2)27(23)15-18)19-10-13-22-21-7-5-6-8-25(21)29-26(22)16-19/h5-17,29H,3-4H2,1-2H3. The van der Waals surface area contributed by atoms with Crippen molar-refractivity contribution in [3.63, 3.8) is 0 Å². The van der Waals surface area contributed by atoms with Gasteiger partial charge < -0.3 is 9.55 Å². The Morgan fingerprint density at radius 3 is 2.10 bits per heavy atom. The molecule has 0 saturated heterocycles. The topological polar surface area (TPSA) is 20.7 Å². The number of fused-ring (bicyclic) bond motifs is 6. The summed E-state index contributed by atoms with van der Waals surface area (Å²) in [5, 5.41) is 5.25. The second-order valence-corrected chi connectivity index (χ2v) is 8.11. The number of benzene rings is 4. The SMILES string of the molecule is CCc1ccc2c3ccc(-c4ccc5c(c4)[nH]c4ccccc45)cc3n(CC)c2c1. The van der Waals surface area contributed by atoms with E-state index < -0.39 is 0 Å². The lowest BCUT2D eigenvalue weighted by Crippen LogP contribution is -1.94. The molecule has 1 N–H and O–H groups in total. The zero-order chi connectivity index (χ0) is 20.2. The van der Waals surface area contributed by atoms with Crippen LogP contribution in [0.3, 0.4) is 0 Å². The lowest BCUT2D eigenvalue weighted by atomic mass is 10.0. The third-order valence-corrected chi connectivity index (χ3v) is 6.50. The third kappa shape index (κ3) is 2.43. The molecule has 0 spiro atoms. The van der Waals surface area contributed by atoms with E-state index in [1.165, 1.54) is 60.3 Å². The van der Waals surface area contributed by atoms with Crippen LogP contribution in [0.4, 0.5) is 0 Å². The molecule has 146 valence electrons. The van der Waals surface area contributed by atoms with E-state index in [2.05, 4.69) is 102 Å². The van der Waals surface area contributed by atoms with Crippen molar-refractivity contribution in [2.45, 2.75) is 26.8 Å². The molecular formula is C28H24N2. The second kappa shape index (κ2) is 6.50. The van der Waals surface area contributed by atoms with Gasteiger partial charge in [0.05, 0.1) is 0 Å². The van der Waals surface area contributed by atoms with Gasteiger partial charge in [-0.2, -0.15) is 0 Å². The molecule has 4 aromatic carbocycles. The van der Waals surface area contributed by atoms with E-state index in [-0.39, 0.29) is 0 Å². The number of aryl methyl sites for hydroxylation is 2. The van der Waals surface area contributed by atoms with E-state index in [0.29, 0.717) is 0 Å². The summed E-state index contributed by atoms with van der Waals surface area (Å²) in [6, 6.07) is 29.1. The minimum atomic E-state index is 0.970. The van der Waals surface area contributed by atoms with Crippen molar-refractivity contribution in [1.29, 1.82) is 0 Å². The number of aromatic nitrogens is 2. The number of H-pyrrole nitrogens is 1. The van der Waals surface area contributed by atoms with E-state index >= 15 is 0 Å². The Morgan fingerprint density at radius 2 is 1.30 bits per heavy atom. The summed E-state index contributed by atoms with van der Waals surface area (Å²) in [6.07, 6.45) is 1.07. The average Bonchev–Trinajstić information content (AvgIpc) is 3.32. The lowest BCUT2D eigenvalue weighted by molar-refractivity contribution is 0.826. The highest BCUT2D eigenvalue weighted by Crippen LogP contribution is 2.35. The van der Waals surface area contributed by atoms with Crippen molar-refractivity contribution in [2.24, 2.45) is 0 Å². The van der Waals surface area contributed by atoms with Gasteiger partial charge in [0.25, 0.3) is 0 Å². The summed E-state index contributed by atoms with van der Waals surface area (Å²) in [5.41, 5.74) is 8.94. The average molecular weight is 389 g/mol. The first-order chi connectivity index (χ1) is 14.8. The molecule has 0 aliphatic carbocycles. The van der Waals surface area contributed by atoms with Crippen LogP contribution in [0.2, 0.25) is 0 Å². The van der Waals surface area contributed by atoms with Crippen molar-refractivity contribution in [3.05, 3.63) is 84.4 Å². The molecule has 6 rings (SSSR count). The molecule has 0 unspecified atom stereocenters. The molecule has 0 aliphatic rings. The molecule has 2 heterocycles. The normalized spacial score (nSPS) is 11.9. The number of nitrogens with zero attached hydrogens (tertiary/aromatic N) is 1. The molecule has 30 heavy (non-hydrogen) atoms. The van der Waals surface area contributed by atoms with Gasteiger partial charge in [-0.15, -0.1) is 0 Å². The van der Waals surface area contributed by atoms with Crippen molar-refractivity contribution >= 4 is 43.6 Å². The largest absolute Gasteiger partial charge is 0.354 e. The maximum absolute atomic E-state index is 3.58. The van der Waals surface area contributed by atoms with Gasteiger partial charge in [0.2, 0.25) is 0 Å². The predicted octanol–water partition coefficient (Wildman–Crippen LogP) is 7.68. The van der Waals surface area contributed by atoms with Crippen LogP contribution in [-0.4, -0.2) is 9.55 Å². The van der Waals surface area contributed by atoms with E-state index in [1.807, 2.05) is 0 Å². The highest BCUT2D eigenvalue weighted by atomic mass is 15.0. The van der Waals surface area contributed by atoms with Gasteiger partial charge in [0.1, 0.15) is 0 Å². The van der Waals surface area contributed by atoms with Gasteiger partial charge in [-0.3, -0.25) is 0 Å². The molecule has 2 nitrogen and oxygen atoms in total. The van der Waals surface area contributed by atoms with Gasteiger partial charge in [0, 0.05) is 50.2 Å². The van der Waals surface area contributed by atoms with Crippen molar-refractivity contribution < 1.29 is 0 Å². The molecule has 0 saturated carbocycles. The Kier molecular flexibility index (Phi) is 3.76. The van der Waals surface area contributed by atoms with E-state index in [4.69, 9.17) is 0 Å². The highest BCUT2D eigenvalue weighted by molar-refractivity contribution is 6.10. The predicted molar refractivity (Wildman–Crippen MR) is 129 cm³/mol. The van der Waals surface area contributed by atoms with Crippen molar-refractivity contribution in [1.82, 2.24) is 9.55 Å². The third-order valence-electron chi connectivity index (χ3n) is 6.50. The van der Waals surface area contributed by atoms with Crippen LogP contribution in [0, 0.1) is 0 Å². The Balaban J connectivity index is 1.57. The molecule has 6 aromatic rings. The van der Waals surface area contributed by atoms with E-state index in [9.17, 15) is 0 Å². The fourth-order valence-electron chi connectivity index (χ4n) is 4.92. The summed E-state index contributed by atoms with van der Waals surface area (Å²) in [7, 11) is 0. The van der Waals surface area contributed by atoms with Crippen LogP contribution in [0.15, 0.2) is 78.9 Å². The Morgan fingerprint density at radius 1 is 0.633 bits per heavy atom. The van der Waals surface area contributed by atoms with Crippen LogP contribution in [0.5, 0.6) is 0 Å². The minimum absolute atomic E-state index is 0.970. The number of rotatable bonds is 3. The molecule has 0 amide bonds. The van der Waals surface area contributed by atoms with Crippen LogP contribution >= 0.6 is 0 Å². The van der Waals surface area contributed by atoms with Gasteiger partial charge in [-0.05, 0) is 54.3 Å². The van der Waals surface area contributed by atoms with Crippen LogP contribution in [0.1, 0.15) is 19.4 Å². The first-order valence-electron chi connectivity index (χ1n) is 10.8. The van der Waals surface area contributed by atoms with Crippen LogP contribution in [-0.2, 0) is 13.0 Å².